The first-order valence-electron chi connectivity index (χ1n) is 11.6. The molecule has 1 saturated carbocycles. The maximum atomic E-state index is 13.3. The van der Waals surface area contributed by atoms with E-state index in [0.717, 1.165) is 11.1 Å². The molecule has 7 nitrogen and oxygen atoms in total. The number of rotatable bonds is 9. The maximum absolute atomic E-state index is 13.3. The van der Waals surface area contributed by atoms with Crippen LogP contribution in [0.5, 0.6) is 5.75 Å². The van der Waals surface area contributed by atoms with Gasteiger partial charge in [-0.2, -0.15) is 0 Å². The van der Waals surface area contributed by atoms with Crippen molar-refractivity contribution in [2.45, 2.75) is 59.1 Å². The first-order valence-corrected chi connectivity index (χ1v) is 11.6. The Labute approximate surface area is 200 Å². The molecule has 0 radical (unpaired) electrons. The topological polar surface area (TPSA) is 113 Å². The van der Waals surface area contributed by atoms with Crippen LogP contribution in [0.3, 0.4) is 0 Å². The highest BCUT2D eigenvalue weighted by molar-refractivity contribution is 5.89. The van der Waals surface area contributed by atoms with Crippen molar-refractivity contribution < 1.29 is 29.3 Å². The second-order valence-electron chi connectivity index (χ2n) is 9.82. The highest BCUT2D eigenvalue weighted by Crippen LogP contribution is 2.53. The normalized spacial score (nSPS) is 22.4. The van der Waals surface area contributed by atoms with Crippen LogP contribution < -0.4 is 10.1 Å². The number of carboxylic acids is 2. The fraction of sp³-hybridized carbons (Fsp3) is 0.444. The lowest BCUT2D eigenvalue weighted by molar-refractivity contribution is -0.161. The number of hydrogen-bond acceptors (Lipinski definition) is 4. The number of ether oxygens (including phenoxy) is 1. The van der Waals surface area contributed by atoms with Crippen LogP contribution in [0.1, 0.15) is 51.2 Å². The molecule has 0 aromatic heterocycles. The van der Waals surface area contributed by atoms with Gasteiger partial charge in [0.05, 0.1) is 11.3 Å². The smallest absolute Gasteiger partial charge is 0.326 e. The number of carbonyl (C=O) groups is 3. The van der Waals surface area contributed by atoms with Crippen molar-refractivity contribution in [1.29, 1.82) is 0 Å². The van der Waals surface area contributed by atoms with E-state index >= 15 is 0 Å². The molecule has 2 aromatic rings. The van der Waals surface area contributed by atoms with Crippen LogP contribution in [0.15, 0.2) is 54.6 Å². The van der Waals surface area contributed by atoms with Crippen LogP contribution in [0.25, 0.3) is 0 Å². The molecular formula is C27H33NO6. The van der Waals surface area contributed by atoms with Gasteiger partial charge in [-0.05, 0) is 41.5 Å². The van der Waals surface area contributed by atoms with E-state index in [9.17, 15) is 24.6 Å². The molecule has 0 saturated heterocycles. The van der Waals surface area contributed by atoms with Gasteiger partial charge in [0, 0.05) is 6.42 Å². The summed E-state index contributed by atoms with van der Waals surface area (Å²) in [7, 11) is 0. The molecule has 7 heteroatoms. The summed E-state index contributed by atoms with van der Waals surface area (Å²) in [6.45, 7) is 5.75. The second-order valence-corrected chi connectivity index (χ2v) is 9.82. The Morgan fingerprint density at radius 1 is 1.00 bits per heavy atom. The van der Waals surface area contributed by atoms with Crippen LogP contribution in [0.4, 0.5) is 0 Å². The molecule has 1 aliphatic rings. The van der Waals surface area contributed by atoms with Crippen LogP contribution in [0, 0.1) is 16.7 Å². The molecule has 1 aliphatic carbocycles. The highest BCUT2D eigenvalue weighted by atomic mass is 16.5. The van der Waals surface area contributed by atoms with Crippen molar-refractivity contribution in [2.24, 2.45) is 16.7 Å². The van der Waals surface area contributed by atoms with Gasteiger partial charge in [-0.25, -0.2) is 4.79 Å². The standard InChI is InChI=1S/C27H33NO6/c1-26(2)21(23(29)30)10-7-15-27(26,3)25(33)28-22(24(31)32)16-18-11-13-20(14-12-18)34-17-19-8-5-4-6-9-19/h4-6,8-9,11-14,21-22H,7,10,15-17H2,1-3H3,(H,28,33)(H,29,30)(H,31,32)/t21-,22+,27+/m1/s1. The van der Waals surface area contributed by atoms with Gasteiger partial charge in [0.15, 0.2) is 0 Å². The van der Waals surface area contributed by atoms with E-state index in [4.69, 9.17) is 4.74 Å². The Bertz CT molecular complexity index is 1020. The van der Waals surface area contributed by atoms with Gasteiger partial charge in [-0.15, -0.1) is 0 Å². The third-order valence-corrected chi connectivity index (χ3v) is 7.48. The minimum atomic E-state index is -1.13. The van der Waals surface area contributed by atoms with Gasteiger partial charge in [-0.1, -0.05) is 69.7 Å². The molecule has 0 unspecified atom stereocenters. The zero-order valence-corrected chi connectivity index (χ0v) is 19.9. The predicted octanol–water partition coefficient (Wildman–Crippen LogP) is 4.29. The van der Waals surface area contributed by atoms with Gasteiger partial charge in [0.2, 0.25) is 5.91 Å². The van der Waals surface area contributed by atoms with Gasteiger partial charge < -0.3 is 20.3 Å². The lowest BCUT2D eigenvalue weighted by Crippen LogP contribution is -2.57. The fourth-order valence-corrected chi connectivity index (χ4v) is 4.78. The van der Waals surface area contributed by atoms with Gasteiger partial charge in [0.25, 0.3) is 0 Å². The minimum absolute atomic E-state index is 0.110. The van der Waals surface area contributed by atoms with Crippen LogP contribution >= 0.6 is 0 Å². The van der Waals surface area contributed by atoms with Crippen LogP contribution in [0.2, 0.25) is 0 Å². The summed E-state index contributed by atoms with van der Waals surface area (Å²) in [6.07, 6.45) is 1.73. The summed E-state index contributed by atoms with van der Waals surface area (Å²) in [6, 6.07) is 15.8. The van der Waals surface area contributed by atoms with Gasteiger partial charge in [-0.3, -0.25) is 9.59 Å². The fourth-order valence-electron chi connectivity index (χ4n) is 4.78. The number of benzene rings is 2. The molecule has 1 amide bonds. The molecule has 3 rings (SSSR count). The van der Waals surface area contributed by atoms with Crippen molar-refractivity contribution in [3.05, 3.63) is 65.7 Å². The average Bonchev–Trinajstić information content (AvgIpc) is 2.80. The summed E-state index contributed by atoms with van der Waals surface area (Å²) < 4.78 is 5.77. The van der Waals surface area contributed by atoms with Crippen LogP contribution in [-0.4, -0.2) is 34.1 Å². The Kier molecular flexibility index (Phi) is 7.64. The molecule has 1 fully saturated rings. The summed E-state index contributed by atoms with van der Waals surface area (Å²) >= 11 is 0. The number of nitrogens with one attached hydrogen (secondary N) is 1. The van der Waals surface area contributed by atoms with E-state index < -0.39 is 40.6 Å². The van der Waals surface area contributed by atoms with E-state index in [0.29, 0.717) is 31.6 Å². The van der Waals surface area contributed by atoms with Crippen molar-refractivity contribution in [3.8, 4) is 5.75 Å². The maximum Gasteiger partial charge on any atom is 0.326 e. The largest absolute Gasteiger partial charge is 0.489 e. The second kappa shape index (κ2) is 10.3. The summed E-state index contributed by atoms with van der Waals surface area (Å²) in [4.78, 5) is 37.0. The van der Waals surface area contributed by atoms with E-state index in [1.54, 1.807) is 45.0 Å². The Morgan fingerprint density at radius 2 is 1.65 bits per heavy atom. The molecule has 2 aromatic carbocycles. The summed E-state index contributed by atoms with van der Waals surface area (Å²) in [5, 5.41) is 22.1. The molecule has 3 N–H and O–H groups in total. The van der Waals surface area contributed by atoms with Crippen molar-refractivity contribution in [2.75, 3.05) is 0 Å². The quantitative estimate of drug-likeness (QED) is 0.507. The Hall–Kier alpha value is -3.35. The SMILES string of the molecule is CC1(C)[C@@H](C(=O)O)CCC[C@@]1(C)C(=O)N[C@@H](Cc1ccc(OCc2ccccc2)cc1)C(=O)O. The molecule has 0 aliphatic heterocycles. The molecule has 0 spiro atoms. The van der Waals surface area contributed by atoms with E-state index in [1.807, 2.05) is 30.3 Å². The molecule has 34 heavy (non-hydrogen) atoms. The van der Waals surface area contributed by atoms with Gasteiger partial charge in [0.1, 0.15) is 18.4 Å². The number of carbonyl (C=O) groups excluding carboxylic acids is 1. The first-order chi connectivity index (χ1) is 16.0. The summed E-state index contributed by atoms with van der Waals surface area (Å²) in [5.41, 5.74) is -0.0141. The third kappa shape index (κ3) is 5.41. The van der Waals surface area contributed by atoms with Crippen LogP contribution in [-0.2, 0) is 27.4 Å². The number of hydrogen-bond donors (Lipinski definition) is 3. The monoisotopic (exact) mass is 467 g/mol. The van der Waals surface area contributed by atoms with Gasteiger partial charge >= 0.3 is 11.9 Å². The number of carboxylic acid groups (broad SMARTS) is 2. The Balaban J connectivity index is 1.66. The number of amides is 1. The third-order valence-electron chi connectivity index (χ3n) is 7.48. The Morgan fingerprint density at radius 3 is 2.24 bits per heavy atom. The van der Waals surface area contributed by atoms with E-state index in [2.05, 4.69) is 5.32 Å². The minimum Gasteiger partial charge on any atom is -0.489 e. The lowest BCUT2D eigenvalue weighted by atomic mass is 9.53. The molecule has 182 valence electrons. The lowest BCUT2D eigenvalue weighted by Gasteiger charge is -2.50. The van der Waals surface area contributed by atoms with Crippen molar-refractivity contribution in [1.82, 2.24) is 5.32 Å². The zero-order valence-electron chi connectivity index (χ0n) is 19.9. The predicted molar refractivity (Wildman–Crippen MR) is 127 cm³/mol. The molecule has 0 bridgehead atoms. The van der Waals surface area contributed by atoms with Crippen molar-refractivity contribution >= 4 is 17.8 Å². The van der Waals surface area contributed by atoms with Crippen molar-refractivity contribution in [3.63, 3.8) is 0 Å². The first kappa shape index (κ1) is 25.3. The van der Waals surface area contributed by atoms with E-state index in [1.165, 1.54) is 0 Å². The highest BCUT2D eigenvalue weighted by Gasteiger charge is 2.55. The molecule has 3 atom stereocenters. The molecular weight excluding hydrogens is 434 g/mol. The number of aliphatic carboxylic acids is 2. The average molecular weight is 468 g/mol. The summed E-state index contributed by atoms with van der Waals surface area (Å²) in [5.74, 6) is -2.47. The zero-order chi connectivity index (χ0) is 24.9. The van der Waals surface area contributed by atoms with E-state index in [-0.39, 0.29) is 6.42 Å². The molecule has 0 heterocycles.